The highest BCUT2D eigenvalue weighted by molar-refractivity contribution is 5.77. The summed E-state index contributed by atoms with van der Waals surface area (Å²) in [4.78, 5) is 10.9. The van der Waals surface area contributed by atoms with Gasteiger partial charge in [-0.25, -0.2) is 4.39 Å². The predicted molar refractivity (Wildman–Crippen MR) is 49.7 cm³/mol. The van der Waals surface area contributed by atoms with E-state index in [9.17, 15) is 9.18 Å². The zero-order valence-electron chi connectivity index (χ0n) is 7.66. The molecule has 0 saturated heterocycles. The molecule has 1 aliphatic rings. The predicted octanol–water partition coefficient (Wildman–Crippen LogP) is 2.33. The average Bonchev–Trinajstić information content (AvgIpc) is 2.16. The molecule has 0 fully saturated rings. The van der Waals surface area contributed by atoms with E-state index in [0.29, 0.717) is 12.0 Å². The standard InChI is InChI=1S/C11H11FO2/c12-8-5-4-7-2-1-3-9(11(13)14)10(7)6-8/h4-6,9H,1-3H2,(H,13,14). The van der Waals surface area contributed by atoms with Gasteiger partial charge in [0.25, 0.3) is 0 Å². The molecular formula is C11H11FO2. The summed E-state index contributed by atoms with van der Waals surface area (Å²) in [6.45, 7) is 0. The first-order chi connectivity index (χ1) is 6.68. The van der Waals surface area contributed by atoms with Crippen molar-refractivity contribution in [3.05, 3.63) is 35.1 Å². The average molecular weight is 194 g/mol. The first-order valence-corrected chi connectivity index (χ1v) is 4.69. The second kappa shape index (κ2) is 3.40. The van der Waals surface area contributed by atoms with Crippen molar-refractivity contribution in [2.24, 2.45) is 0 Å². The largest absolute Gasteiger partial charge is 0.481 e. The van der Waals surface area contributed by atoms with Crippen molar-refractivity contribution in [1.82, 2.24) is 0 Å². The molecule has 14 heavy (non-hydrogen) atoms. The molecule has 0 bridgehead atoms. The molecule has 74 valence electrons. The Morgan fingerprint density at radius 2 is 2.29 bits per heavy atom. The molecule has 1 aromatic rings. The van der Waals surface area contributed by atoms with Gasteiger partial charge in [-0.15, -0.1) is 0 Å². The van der Waals surface area contributed by atoms with E-state index < -0.39 is 11.9 Å². The molecule has 0 aliphatic heterocycles. The third-order valence-electron chi connectivity index (χ3n) is 2.72. The fourth-order valence-electron chi connectivity index (χ4n) is 2.03. The number of hydrogen-bond donors (Lipinski definition) is 1. The zero-order chi connectivity index (χ0) is 10.1. The minimum atomic E-state index is -0.850. The van der Waals surface area contributed by atoms with E-state index in [2.05, 4.69) is 0 Å². The van der Waals surface area contributed by atoms with Crippen molar-refractivity contribution in [3.8, 4) is 0 Å². The molecule has 1 unspecified atom stereocenters. The molecule has 0 aromatic heterocycles. The maximum atomic E-state index is 12.9. The van der Waals surface area contributed by atoms with Crippen LogP contribution in [-0.2, 0) is 11.2 Å². The van der Waals surface area contributed by atoms with Crippen LogP contribution in [0.4, 0.5) is 4.39 Å². The van der Waals surface area contributed by atoms with Crippen LogP contribution in [0.2, 0.25) is 0 Å². The van der Waals surface area contributed by atoms with Gasteiger partial charge in [0.05, 0.1) is 5.92 Å². The summed E-state index contributed by atoms with van der Waals surface area (Å²) >= 11 is 0. The second-order valence-electron chi connectivity index (χ2n) is 3.63. The van der Waals surface area contributed by atoms with E-state index in [-0.39, 0.29) is 5.82 Å². The Hall–Kier alpha value is -1.38. The van der Waals surface area contributed by atoms with Crippen LogP contribution in [0.1, 0.15) is 29.9 Å². The molecular weight excluding hydrogens is 183 g/mol. The van der Waals surface area contributed by atoms with Gasteiger partial charge in [-0.05, 0) is 42.5 Å². The van der Waals surface area contributed by atoms with Crippen LogP contribution in [0.3, 0.4) is 0 Å². The summed E-state index contributed by atoms with van der Waals surface area (Å²) in [6.07, 6.45) is 2.35. The van der Waals surface area contributed by atoms with Crippen LogP contribution in [0, 0.1) is 5.82 Å². The Morgan fingerprint density at radius 1 is 1.50 bits per heavy atom. The zero-order valence-corrected chi connectivity index (χ0v) is 7.66. The smallest absolute Gasteiger partial charge is 0.310 e. The lowest BCUT2D eigenvalue weighted by molar-refractivity contribution is -0.139. The van der Waals surface area contributed by atoms with Crippen molar-refractivity contribution in [2.45, 2.75) is 25.2 Å². The minimum absolute atomic E-state index is 0.350. The Balaban J connectivity index is 2.46. The third kappa shape index (κ3) is 1.50. The van der Waals surface area contributed by atoms with E-state index in [0.717, 1.165) is 18.4 Å². The number of carbonyl (C=O) groups is 1. The number of carboxylic acids is 1. The normalized spacial score (nSPS) is 20.2. The Kier molecular flexibility index (Phi) is 2.23. The fourth-order valence-corrected chi connectivity index (χ4v) is 2.03. The van der Waals surface area contributed by atoms with Crippen LogP contribution in [0.5, 0.6) is 0 Å². The third-order valence-corrected chi connectivity index (χ3v) is 2.72. The molecule has 1 N–H and O–H groups in total. The number of aliphatic carboxylic acids is 1. The molecule has 2 rings (SSSR count). The Labute approximate surface area is 81.4 Å². The Bertz CT molecular complexity index is 374. The van der Waals surface area contributed by atoms with Gasteiger partial charge in [0.15, 0.2) is 0 Å². The van der Waals surface area contributed by atoms with Crippen LogP contribution >= 0.6 is 0 Å². The lowest BCUT2D eigenvalue weighted by Crippen LogP contribution is -2.18. The van der Waals surface area contributed by atoms with E-state index in [1.54, 1.807) is 6.07 Å². The second-order valence-corrected chi connectivity index (χ2v) is 3.63. The van der Waals surface area contributed by atoms with E-state index in [1.165, 1.54) is 12.1 Å². The first-order valence-electron chi connectivity index (χ1n) is 4.69. The van der Waals surface area contributed by atoms with E-state index >= 15 is 0 Å². The van der Waals surface area contributed by atoms with Gasteiger partial charge >= 0.3 is 5.97 Å². The van der Waals surface area contributed by atoms with Crippen LogP contribution in [0.15, 0.2) is 18.2 Å². The van der Waals surface area contributed by atoms with Crippen LogP contribution < -0.4 is 0 Å². The number of fused-ring (bicyclic) bond motifs is 1. The highest BCUT2D eigenvalue weighted by Crippen LogP contribution is 2.32. The SMILES string of the molecule is O=C(O)C1CCCc2ccc(F)cc21. The maximum absolute atomic E-state index is 12.9. The van der Waals surface area contributed by atoms with Crippen LogP contribution in [-0.4, -0.2) is 11.1 Å². The minimum Gasteiger partial charge on any atom is -0.481 e. The molecule has 0 radical (unpaired) electrons. The number of rotatable bonds is 1. The molecule has 0 saturated carbocycles. The molecule has 0 heterocycles. The van der Waals surface area contributed by atoms with E-state index in [1.807, 2.05) is 0 Å². The topological polar surface area (TPSA) is 37.3 Å². The van der Waals surface area contributed by atoms with Crippen molar-refractivity contribution in [3.63, 3.8) is 0 Å². The molecule has 0 amide bonds. The van der Waals surface area contributed by atoms with Gasteiger partial charge in [0.1, 0.15) is 5.82 Å². The lowest BCUT2D eigenvalue weighted by atomic mass is 9.83. The van der Waals surface area contributed by atoms with Gasteiger partial charge in [0.2, 0.25) is 0 Å². The number of aryl methyl sites for hydroxylation is 1. The number of hydrogen-bond acceptors (Lipinski definition) is 1. The number of benzene rings is 1. The summed E-state index contributed by atoms with van der Waals surface area (Å²) in [6, 6.07) is 4.44. The lowest BCUT2D eigenvalue weighted by Gasteiger charge is -2.21. The van der Waals surface area contributed by atoms with Crippen molar-refractivity contribution < 1.29 is 14.3 Å². The number of carboxylic acid groups (broad SMARTS) is 1. The van der Waals surface area contributed by atoms with Crippen molar-refractivity contribution >= 4 is 5.97 Å². The summed E-state index contributed by atoms with van der Waals surface area (Å²) in [5, 5.41) is 8.95. The molecule has 0 spiro atoms. The fraction of sp³-hybridized carbons (Fsp3) is 0.364. The van der Waals surface area contributed by atoms with Gasteiger partial charge in [-0.2, -0.15) is 0 Å². The highest BCUT2D eigenvalue weighted by Gasteiger charge is 2.26. The quantitative estimate of drug-likeness (QED) is 0.745. The summed E-state index contributed by atoms with van der Waals surface area (Å²) in [5.41, 5.74) is 1.63. The van der Waals surface area contributed by atoms with Gasteiger partial charge in [0, 0.05) is 0 Å². The molecule has 1 aromatic carbocycles. The van der Waals surface area contributed by atoms with Gasteiger partial charge in [-0.1, -0.05) is 6.07 Å². The van der Waals surface area contributed by atoms with Gasteiger partial charge < -0.3 is 5.11 Å². The van der Waals surface area contributed by atoms with Gasteiger partial charge in [-0.3, -0.25) is 4.79 Å². The van der Waals surface area contributed by atoms with Crippen molar-refractivity contribution in [1.29, 1.82) is 0 Å². The molecule has 1 atom stereocenters. The first kappa shape index (κ1) is 9.19. The van der Waals surface area contributed by atoms with Crippen molar-refractivity contribution in [2.75, 3.05) is 0 Å². The molecule has 3 heteroatoms. The number of halogens is 1. The highest BCUT2D eigenvalue weighted by atomic mass is 19.1. The summed E-state index contributed by atoms with van der Waals surface area (Å²) in [5.74, 6) is -1.72. The monoisotopic (exact) mass is 194 g/mol. The van der Waals surface area contributed by atoms with E-state index in [4.69, 9.17) is 5.11 Å². The summed E-state index contributed by atoms with van der Waals surface area (Å²) in [7, 11) is 0. The summed E-state index contributed by atoms with van der Waals surface area (Å²) < 4.78 is 12.9. The molecule has 1 aliphatic carbocycles. The maximum Gasteiger partial charge on any atom is 0.310 e. The van der Waals surface area contributed by atoms with Crippen LogP contribution in [0.25, 0.3) is 0 Å². The molecule has 2 nitrogen and oxygen atoms in total. The Morgan fingerprint density at radius 3 is 3.00 bits per heavy atom.